The highest BCUT2D eigenvalue weighted by atomic mass is 127. The minimum Gasteiger partial charge on any atom is -0.492 e. The average molecular weight is 510 g/mol. The van der Waals surface area contributed by atoms with Crippen LogP contribution in [0.3, 0.4) is 0 Å². The van der Waals surface area contributed by atoms with Crippen molar-refractivity contribution < 1.29 is 18.7 Å². The Balaban J connectivity index is 0.00000729. The highest BCUT2D eigenvalue weighted by molar-refractivity contribution is 14.0. The summed E-state index contributed by atoms with van der Waals surface area (Å²) in [6.07, 6.45) is 0.842. The van der Waals surface area contributed by atoms with Crippen LogP contribution in [0.5, 0.6) is 5.75 Å². The molecule has 0 aliphatic heterocycles. The van der Waals surface area contributed by atoms with Gasteiger partial charge in [-0.1, -0.05) is 0 Å². The minimum absolute atomic E-state index is 0. The Hall–Kier alpha value is -1.62. The summed E-state index contributed by atoms with van der Waals surface area (Å²) < 4.78 is 23.9. The molecule has 0 saturated heterocycles. The maximum atomic E-state index is 12.9. The van der Waals surface area contributed by atoms with Gasteiger partial charge in [-0.15, -0.1) is 24.0 Å². The fourth-order valence-electron chi connectivity index (χ4n) is 2.05. The third kappa shape index (κ3) is 11.3. The molecule has 0 spiro atoms. The van der Waals surface area contributed by atoms with Crippen molar-refractivity contribution in [1.82, 2.24) is 15.1 Å². The molecule has 28 heavy (non-hydrogen) atoms. The summed E-state index contributed by atoms with van der Waals surface area (Å²) in [7, 11) is 5.28. The molecule has 0 heterocycles. The second-order valence-electron chi connectivity index (χ2n) is 6.13. The molecule has 7 nitrogen and oxygen atoms in total. The number of nitrogens with zero attached hydrogens (tertiary/aromatic N) is 3. The van der Waals surface area contributed by atoms with Gasteiger partial charge in [-0.25, -0.2) is 9.38 Å². The molecule has 1 N–H and O–H groups in total. The second kappa shape index (κ2) is 15.3. The summed E-state index contributed by atoms with van der Waals surface area (Å²) in [5.74, 6) is 0.871. The van der Waals surface area contributed by atoms with Crippen LogP contribution in [0, 0.1) is 5.82 Å². The predicted molar refractivity (Wildman–Crippen MR) is 120 cm³/mol. The molecule has 0 atom stereocenters. The first-order chi connectivity index (χ1) is 12.9. The van der Waals surface area contributed by atoms with Crippen molar-refractivity contribution in [1.29, 1.82) is 0 Å². The van der Waals surface area contributed by atoms with E-state index in [2.05, 4.69) is 10.3 Å². The van der Waals surface area contributed by atoms with Gasteiger partial charge in [0.05, 0.1) is 6.54 Å². The molecule has 0 saturated carbocycles. The standard InChI is InChI=1S/C19H31FN4O3.HI/c1-5-26-13-6-11-21-19(22-15-18(25)23(2)3)24(4)12-14-27-17-9-7-16(20)8-10-17;/h7-10H,5-6,11-15H2,1-4H3,(H,21,22);1H. The molecular weight excluding hydrogens is 478 g/mol. The zero-order valence-corrected chi connectivity index (χ0v) is 19.4. The first-order valence-corrected chi connectivity index (χ1v) is 9.09. The highest BCUT2D eigenvalue weighted by Gasteiger charge is 2.09. The fraction of sp³-hybridized carbons (Fsp3) is 0.579. The van der Waals surface area contributed by atoms with E-state index in [1.54, 1.807) is 26.2 Å². The number of hydrogen-bond donors (Lipinski definition) is 1. The Labute approximate surface area is 184 Å². The molecule has 160 valence electrons. The van der Waals surface area contributed by atoms with Gasteiger partial charge in [0, 0.05) is 40.9 Å². The Bertz CT molecular complexity index is 585. The van der Waals surface area contributed by atoms with Gasteiger partial charge in [-0.2, -0.15) is 0 Å². The number of carbonyl (C=O) groups excluding carboxylic acids is 1. The van der Waals surface area contributed by atoms with Crippen LogP contribution in [0.25, 0.3) is 0 Å². The molecule has 0 unspecified atom stereocenters. The topological polar surface area (TPSA) is 66.4 Å². The van der Waals surface area contributed by atoms with Gasteiger partial charge in [0.1, 0.15) is 24.7 Å². The summed E-state index contributed by atoms with van der Waals surface area (Å²) in [4.78, 5) is 19.6. The van der Waals surface area contributed by atoms with Crippen molar-refractivity contribution >= 4 is 35.8 Å². The normalized spacial score (nSPS) is 10.8. The van der Waals surface area contributed by atoms with E-state index in [-0.39, 0.29) is 42.2 Å². The van der Waals surface area contributed by atoms with E-state index in [1.165, 1.54) is 17.0 Å². The third-order valence-electron chi connectivity index (χ3n) is 3.69. The Morgan fingerprint density at radius 1 is 1.18 bits per heavy atom. The van der Waals surface area contributed by atoms with Crippen molar-refractivity contribution in [2.24, 2.45) is 4.99 Å². The average Bonchev–Trinajstić information content (AvgIpc) is 2.65. The maximum Gasteiger partial charge on any atom is 0.243 e. The number of ether oxygens (including phenoxy) is 2. The molecule has 0 aliphatic carbocycles. The van der Waals surface area contributed by atoms with Crippen LogP contribution >= 0.6 is 24.0 Å². The van der Waals surface area contributed by atoms with Crippen molar-refractivity contribution in [2.75, 3.05) is 60.6 Å². The number of likely N-dealkylation sites (N-methyl/N-ethyl adjacent to an activating group) is 2. The largest absolute Gasteiger partial charge is 0.492 e. The monoisotopic (exact) mass is 510 g/mol. The quantitative estimate of drug-likeness (QED) is 0.214. The number of benzene rings is 1. The number of carbonyl (C=O) groups is 1. The molecule has 1 amide bonds. The van der Waals surface area contributed by atoms with Crippen LogP contribution < -0.4 is 10.1 Å². The number of nitrogens with one attached hydrogen (secondary N) is 1. The van der Waals surface area contributed by atoms with Crippen molar-refractivity contribution in [3.63, 3.8) is 0 Å². The second-order valence-corrected chi connectivity index (χ2v) is 6.13. The predicted octanol–water partition coefficient (Wildman–Crippen LogP) is 2.21. The van der Waals surface area contributed by atoms with Gasteiger partial charge in [-0.3, -0.25) is 4.79 Å². The van der Waals surface area contributed by atoms with E-state index < -0.39 is 0 Å². The lowest BCUT2D eigenvalue weighted by molar-refractivity contribution is -0.127. The van der Waals surface area contributed by atoms with Crippen molar-refractivity contribution in [2.45, 2.75) is 13.3 Å². The van der Waals surface area contributed by atoms with Crippen LogP contribution in [-0.2, 0) is 9.53 Å². The third-order valence-corrected chi connectivity index (χ3v) is 3.69. The van der Waals surface area contributed by atoms with Gasteiger partial charge in [-0.05, 0) is 37.6 Å². The lowest BCUT2D eigenvalue weighted by Crippen LogP contribution is -2.42. The van der Waals surface area contributed by atoms with Crippen LogP contribution in [0.2, 0.25) is 0 Å². The maximum absolute atomic E-state index is 12.9. The van der Waals surface area contributed by atoms with Gasteiger partial charge >= 0.3 is 0 Å². The van der Waals surface area contributed by atoms with Crippen molar-refractivity contribution in [3.05, 3.63) is 30.1 Å². The Morgan fingerprint density at radius 2 is 1.86 bits per heavy atom. The van der Waals surface area contributed by atoms with Gasteiger partial charge in [0.15, 0.2) is 5.96 Å². The summed E-state index contributed by atoms with van der Waals surface area (Å²) in [6.45, 7) is 5.06. The van der Waals surface area contributed by atoms with Gasteiger partial charge in [0.25, 0.3) is 0 Å². The van der Waals surface area contributed by atoms with E-state index in [4.69, 9.17) is 9.47 Å². The number of rotatable bonds is 11. The molecule has 0 aliphatic rings. The molecule has 0 aromatic heterocycles. The highest BCUT2D eigenvalue weighted by Crippen LogP contribution is 2.10. The first-order valence-electron chi connectivity index (χ1n) is 9.09. The molecule has 0 fully saturated rings. The SMILES string of the molecule is CCOCCCNC(=NCC(=O)N(C)C)N(C)CCOc1ccc(F)cc1.I. The summed E-state index contributed by atoms with van der Waals surface area (Å²) in [6, 6.07) is 5.90. The van der Waals surface area contributed by atoms with Gasteiger partial charge in [0.2, 0.25) is 5.91 Å². The van der Waals surface area contributed by atoms with Crippen LogP contribution in [0.4, 0.5) is 4.39 Å². The number of amides is 1. The first kappa shape index (κ1) is 26.4. The smallest absolute Gasteiger partial charge is 0.243 e. The number of hydrogen-bond acceptors (Lipinski definition) is 4. The van der Waals surface area contributed by atoms with E-state index in [0.29, 0.717) is 44.6 Å². The fourth-order valence-corrected chi connectivity index (χ4v) is 2.05. The Kier molecular flexibility index (Phi) is 14.4. The van der Waals surface area contributed by atoms with Crippen LogP contribution in [0.15, 0.2) is 29.3 Å². The van der Waals surface area contributed by atoms with Crippen LogP contribution in [-0.4, -0.2) is 82.3 Å². The van der Waals surface area contributed by atoms with E-state index in [0.717, 1.165) is 6.42 Å². The lowest BCUT2D eigenvalue weighted by atomic mass is 10.3. The van der Waals surface area contributed by atoms with Gasteiger partial charge < -0.3 is 24.6 Å². The zero-order chi connectivity index (χ0) is 20.1. The lowest BCUT2D eigenvalue weighted by Gasteiger charge is -2.23. The number of guanidine groups is 1. The molecule has 1 aromatic rings. The summed E-state index contributed by atoms with van der Waals surface area (Å²) in [5.41, 5.74) is 0. The summed E-state index contributed by atoms with van der Waals surface area (Å²) >= 11 is 0. The van der Waals surface area contributed by atoms with Crippen LogP contribution in [0.1, 0.15) is 13.3 Å². The van der Waals surface area contributed by atoms with E-state index >= 15 is 0 Å². The van der Waals surface area contributed by atoms with E-state index in [1.807, 2.05) is 18.9 Å². The molecule has 9 heteroatoms. The van der Waals surface area contributed by atoms with E-state index in [9.17, 15) is 9.18 Å². The minimum atomic E-state index is -0.296. The number of halogens is 2. The molecular formula is C19H32FIN4O3. The molecule has 0 bridgehead atoms. The molecule has 1 aromatic carbocycles. The summed E-state index contributed by atoms with van der Waals surface area (Å²) in [5, 5.41) is 3.25. The number of aliphatic imine (C=N–C) groups is 1. The molecule has 0 radical (unpaired) electrons. The zero-order valence-electron chi connectivity index (χ0n) is 17.1. The Morgan fingerprint density at radius 3 is 2.46 bits per heavy atom. The molecule has 1 rings (SSSR count). The van der Waals surface area contributed by atoms with Crippen molar-refractivity contribution in [3.8, 4) is 5.75 Å².